The summed E-state index contributed by atoms with van der Waals surface area (Å²) in [6, 6.07) is 6.98. The molecule has 3 aromatic heterocycles. The molecule has 3 aromatic rings. The van der Waals surface area contributed by atoms with Crippen LogP contribution in [-0.2, 0) is 14.8 Å². The highest BCUT2D eigenvalue weighted by Crippen LogP contribution is 2.31. The molecule has 1 unspecified atom stereocenters. The summed E-state index contributed by atoms with van der Waals surface area (Å²) in [7, 11) is -3.57. The molecule has 0 spiro atoms. The number of rotatable bonds is 5. The van der Waals surface area contributed by atoms with E-state index in [1.807, 2.05) is 12.1 Å². The molecule has 0 radical (unpaired) electrons. The predicted molar refractivity (Wildman–Crippen MR) is 110 cm³/mol. The summed E-state index contributed by atoms with van der Waals surface area (Å²) in [5.41, 5.74) is 0. The average Bonchev–Trinajstić information content (AvgIpc) is 3.43. The van der Waals surface area contributed by atoms with E-state index in [1.165, 1.54) is 27.0 Å². The number of halogens is 1. The minimum Gasteiger partial charge on any atom is -0.402 e. The fraction of sp³-hybridized carbons (Fsp3) is 0.312. The Morgan fingerprint density at radius 3 is 2.89 bits per heavy atom. The third kappa shape index (κ3) is 4.06. The van der Waals surface area contributed by atoms with Gasteiger partial charge in [-0.15, -0.1) is 27.8 Å². The van der Waals surface area contributed by atoms with E-state index < -0.39 is 15.9 Å². The van der Waals surface area contributed by atoms with Crippen LogP contribution in [-0.4, -0.2) is 41.9 Å². The molecule has 1 N–H and O–H groups in total. The number of carbonyl (C=O) groups is 1. The second kappa shape index (κ2) is 8.03. The predicted octanol–water partition coefficient (Wildman–Crippen LogP) is 3.66. The molecule has 1 fully saturated rings. The Bertz CT molecular complexity index is 1080. The number of nitrogens with zero attached hydrogens (tertiary/aromatic N) is 3. The van der Waals surface area contributed by atoms with Crippen molar-refractivity contribution in [2.24, 2.45) is 5.92 Å². The van der Waals surface area contributed by atoms with Crippen molar-refractivity contribution < 1.29 is 17.6 Å². The molecule has 1 saturated heterocycles. The van der Waals surface area contributed by atoms with Gasteiger partial charge in [0.2, 0.25) is 5.91 Å². The Kier molecular flexibility index (Phi) is 5.65. The SMILES string of the molecule is O=C(Nc1nnc(-c2ccc(Br)s2)o1)C1CCCN(S(=O)(=O)c2cccs2)C1. The molecule has 28 heavy (non-hydrogen) atoms. The van der Waals surface area contributed by atoms with Crippen molar-refractivity contribution in [3.8, 4) is 10.8 Å². The Labute approximate surface area is 177 Å². The maximum absolute atomic E-state index is 12.7. The van der Waals surface area contributed by atoms with E-state index in [2.05, 4.69) is 31.4 Å². The Hall–Kier alpha value is -1.60. The van der Waals surface area contributed by atoms with Gasteiger partial charge in [-0.2, -0.15) is 4.31 Å². The summed E-state index contributed by atoms with van der Waals surface area (Å²) in [6.45, 7) is 0.535. The van der Waals surface area contributed by atoms with Gasteiger partial charge >= 0.3 is 6.01 Å². The molecule has 148 valence electrons. The molecule has 8 nitrogen and oxygen atoms in total. The third-order valence-electron chi connectivity index (χ3n) is 4.28. The number of nitrogens with one attached hydrogen (secondary N) is 1. The van der Waals surface area contributed by atoms with Gasteiger partial charge in [0.1, 0.15) is 4.21 Å². The smallest absolute Gasteiger partial charge is 0.322 e. The van der Waals surface area contributed by atoms with Gasteiger partial charge in [-0.3, -0.25) is 10.1 Å². The molecule has 1 atom stereocenters. The van der Waals surface area contributed by atoms with Gasteiger partial charge in [0, 0.05) is 13.1 Å². The summed E-state index contributed by atoms with van der Waals surface area (Å²) in [5, 5.41) is 12.1. The zero-order chi connectivity index (χ0) is 19.7. The highest BCUT2D eigenvalue weighted by molar-refractivity contribution is 9.11. The average molecular weight is 503 g/mol. The monoisotopic (exact) mass is 502 g/mol. The van der Waals surface area contributed by atoms with Crippen LogP contribution in [0.5, 0.6) is 0 Å². The fourth-order valence-corrected chi connectivity index (χ4v) is 6.90. The first-order valence-electron chi connectivity index (χ1n) is 8.37. The Morgan fingerprint density at radius 1 is 1.32 bits per heavy atom. The molecule has 12 heteroatoms. The van der Waals surface area contributed by atoms with E-state index in [1.54, 1.807) is 17.5 Å². The van der Waals surface area contributed by atoms with Crippen molar-refractivity contribution in [2.75, 3.05) is 18.4 Å². The number of aromatic nitrogens is 2. The van der Waals surface area contributed by atoms with Crippen LogP contribution in [0.15, 0.2) is 42.1 Å². The van der Waals surface area contributed by atoms with E-state index in [-0.39, 0.29) is 22.7 Å². The van der Waals surface area contributed by atoms with Crippen LogP contribution >= 0.6 is 38.6 Å². The van der Waals surface area contributed by atoms with E-state index >= 15 is 0 Å². The molecule has 0 bridgehead atoms. The molecular formula is C16H15BrN4O4S3. The summed E-state index contributed by atoms with van der Waals surface area (Å²) in [5.74, 6) is -0.486. The quantitative estimate of drug-likeness (QED) is 0.570. The van der Waals surface area contributed by atoms with Gasteiger partial charge in [-0.1, -0.05) is 11.2 Å². The van der Waals surface area contributed by atoms with E-state index in [0.717, 1.165) is 8.66 Å². The minimum absolute atomic E-state index is 0.00256. The van der Waals surface area contributed by atoms with Crippen LogP contribution in [0.2, 0.25) is 0 Å². The Morgan fingerprint density at radius 2 is 2.18 bits per heavy atom. The first-order valence-corrected chi connectivity index (χ1v) is 12.3. The number of anilines is 1. The van der Waals surface area contributed by atoms with Crippen molar-refractivity contribution in [2.45, 2.75) is 17.1 Å². The molecule has 0 saturated carbocycles. The molecule has 4 heterocycles. The molecular weight excluding hydrogens is 488 g/mol. The molecule has 1 aliphatic rings. The van der Waals surface area contributed by atoms with Crippen molar-refractivity contribution in [3.63, 3.8) is 0 Å². The highest BCUT2D eigenvalue weighted by Gasteiger charge is 2.34. The zero-order valence-corrected chi connectivity index (χ0v) is 18.4. The van der Waals surface area contributed by atoms with Crippen LogP contribution < -0.4 is 5.32 Å². The lowest BCUT2D eigenvalue weighted by Gasteiger charge is -2.30. The van der Waals surface area contributed by atoms with Crippen LogP contribution in [0, 0.1) is 5.92 Å². The van der Waals surface area contributed by atoms with Gasteiger partial charge in [0.25, 0.3) is 15.9 Å². The summed E-state index contributed by atoms with van der Waals surface area (Å²) < 4.78 is 33.5. The number of hydrogen-bond acceptors (Lipinski definition) is 8. The van der Waals surface area contributed by atoms with Crippen LogP contribution in [0.3, 0.4) is 0 Å². The largest absolute Gasteiger partial charge is 0.402 e. The molecule has 0 aliphatic carbocycles. The van der Waals surface area contributed by atoms with E-state index in [9.17, 15) is 13.2 Å². The summed E-state index contributed by atoms with van der Waals surface area (Å²) in [4.78, 5) is 13.4. The van der Waals surface area contributed by atoms with Crippen LogP contribution in [0.4, 0.5) is 6.01 Å². The number of amides is 1. The van der Waals surface area contributed by atoms with Crippen molar-refractivity contribution in [1.29, 1.82) is 0 Å². The topological polar surface area (TPSA) is 105 Å². The molecule has 0 aromatic carbocycles. The van der Waals surface area contributed by atoms with Gasteiger partial charge in [0.15, 0.2) is 0 Å². The van der Waals surface area contributed by atoms with Gasteiger partial charge in [-0.25, -0.2) is 8.42 Å². The minimum atomic E-state index is -3.57. The van der Waals surface area contributed by atoms with Crippen LogP contribution in [0.1, 0.15) is 12.8 Å². The first-order chi connectivity index (χ1) is 13.4. The number of carbonyl (C=O) groups excluding carboxylic acids is 1. The summed E-state index contributed by atoms with van der Waals surface area (Å²) in [6.07, 6.45) is 1.21. The third-order valence-corrected chi connectivity index (χ3v) is 9.13. The number of hydrogen-bond donors (Lipinski definition) is 1. The summed E-state index contributed by atoms with van der Waals surface area (Å²) >= 11 is 5.98. The molecule has 4 rings (SSSR count). The number of thiophene rings is 2. The van der Waals surface area contributed by atoms with E-state index in [4.69, 9.17) is 4.42 Å². The lowest BCUT2D eigenvalue weighted by molar-refractivity contribution is -0.121. The number of sulfonamides is 1. The van der Waals surface area contributed by atoms with Gasteiger partial charge in [0.05, 0.1) is 14.6 Å². The highest BCUT2D eigenvalue weighted by atomic mass is 79.9. The van der Waals surface area contributed by atoms with Crippen molar-refractivity contribution in [1.82, 2.24) is 14.5 Å². The standard InChI is InChI=1S/C16H15BrN4O4S3/c17-12-6-5-11(27-12)15-19-20-16(25-15)18-14(22)10-3-1-7-21(9-10)28(23,24)13-4-2-8-26-13/h2,4-6,8,10H,1,3,7,9H2,(H,18,20,22). The maximum atomic E-state index is 12.7. The number of piperidine rings is 1. The van der Waals surface area contributed by atoms with Gasteiger partial charge < -0.3 is 4.42 Å². The first kappa shape index (κ1) is 19.7. The van der Waals surface area contributed by atoms with Crippen molar-refractivity contribution in [3.05, 3.63) is 33.4 Å². The Balaban J connectivity index is 1.43. The molecule has 1 aliphatic heterocycles. The fourth-order valence-electron chi connectivity index (χ4n) is 2.92. The maximum Gasteiger partial charge on any atom is 0.322 e. The normalized spacial score (nSPS) is 18.2. The second-order valence-electron chi connectivity index (χ2n) is 6.14. The zero-order valence-electron chi connectivity index (χ0n) is 14.4. The lowest BCUT2D eigenvalue weighted by Crippen LogP contribution is -2.43. The van der Waals surface area contributed by atoms with Gasteiger partial charge in [-0.05, 0) is 52.4 Å². The second-order valence-corrected chi connectivity index (χ2v) is 11.7. The molecule has 1 amide bonds. The van der Waals surface area contributed by atoms with Crippen molar-refractivity contribution >= 4 is 60.5 Å². The van der Waals surface area contributed by atoms with E-state index in [0.29, 0.717) is 25.3 Å². The lowest BCUT2D eigenvalue weighted by atomic mass is 9.99. The van der Waals surface area contributed by atoms with Crippen LogP contribution in [0.25, 0.3) is 10.8 Å².